The van der Waals surface area contributed by atoms with Gasteiger partial charge in [0.15, 0.2) is 0 Å². The second kappa shape index (κ2) is 5.87. The Morgan fingerprint density at radius 1 is 1.00 bits per heavy atom. The molecule has 0 aromatic heterocycles. The number of amides is 2. The number of hydrogen-bond acceptors (Lipinski definition) is 1. The number of rotatable bonds is 3. The normalized spacial score (nSPS) is 9.83. The molecule has 0 aliphatic carbocycles. The molecular formula is C15H16N2O. The minimum Gasteiger partial charge on any atom is -0.323 e. The Morgan fingerprint density at radius 3 is 2.17 bits per heavy atom. The zero-order valence-corrected chi connectivity index (χ0v) is 10.3. The highest BCUT2D eigenvalue weighted by Gasteiger charge is 2.08. The topological polar surface area (TPSA) is 32.3 Å². The maximum atomic E-state index is 11.9. The third kappa shape index (κ3) is 3.35. The highest BCUT2D eigenvalue weighted by Crippen LogP contribution is 2.08. The van der Waals surface area contributed by atoms with Gasteiger partial charge in [-0.1, -0.05) is 48.5 Å². The van der Waals surface area contributed by atoms with Crippen molar-refractivity contribution in [3.05, 3.63) is 66.2 Å². The van der Waals surface area contributed by atoms with Crippen molar-refractivity contribution in [2.45, 2.75) is 6.54 Å². The van der Waals surface area contributed by atoms with E-state index in [0.29, 0.717) is 6.54 Å². The molecule has 0 aliphatic rings. The van der Waals surface area contributed by atoms with E-state index in [-0.39, 0.29) is 6.03 Å². The monoisotopic (exact) mass is 240 g/mol. The number of nitrogens with zero attached hydrogens (tertiary/aromatic N) is 1. The van der Waals surface area contributed by atoms with Crippen molar-refractivity contribution < 1.29 is 4.79 Å². The molecule has 0 saturated carbocycles. The molecule has 0 heterocycles. The van der Waals surface area contributed by atoms with Gasteiger partial charge in [-0.25, -0.2) is 4.79 Å². The predicted octanol–water partition coefficient (Wildman–Crippen LogP) is 3.35. The standard InChI is InChI=1S/C15H16N2O/c1-17(12-13-8-4-2-5-9-13)15(18)16-14-10-6-3-7-11-14/h2-11H,12H2,1H3,(H,16,18). The van der Waals surface area contributed by atoms with Crippen LogP contribution in [0.4, 0.5) is 10.5 Å². The first kappa shape index (κ1) is 12.2. The van der Waals surface area contributed by atoms with Gasteiger partial charge in [0, 0.05) is 19.3 Å². The Labute approximate surface area is 107 Å². The van der Waals surface area contributed by atoms with Crippen molar-refractivity contribution in [3.63, 3.8) is 0 Å². The number of urea groups is 1. The molecule has 2 aromatic rings. The zero-order chi connectivity index (χ0) is 12.8. The quantitative estimate of drug-likeness (QED) is 0.876. The third-order valence-corrected chi connectivity index (χ3v) is 2.63. The van der Waals surface area contributed by atoms with E-state index in [4.69, 9.17) is 0 Å². The van der Waals surface area contributed by atoms with Crippen LogP contribution in [-0.4, -0.2) is 18.0 Å². The van der Waals surface area contributed by atoms with E-state index in [1.54, 1.807) is 11.9 Å². The van der Waals surface area contributed by atoms with E-state index in [1.807, 2.05) is 60.7 Å². The Kier molecular flexibility index (Phi) is 3.97. The number of nitrogens with one attached hydrogen (secondary N) is 1. The first-order chi connectivity index (χ1) is 8.75. The van der Waals surface area contributed by atoms with Crippen LogP contribution in [0.5, 0.6) is 0 Å². The van der Waals surface area contributed by atoms with E-state index in [9.17, 15) is 4.79 Å². The summed E-state index contributed by atoms with van der Waals surface area (Å²) in [6.45, 7) is 0.597. The first-order valence-electron chi connectivity index (χ1n) is 5.87. The fourth-order valence-corrected chi connectivity index (χ4v) is 1.67. The van der Waals surface area contributed by atoms with Crippen LogP contribution >= 0.6 is 0 Å². The number of hydrogen-bond donors (Lipinski definition) is 1. The van der Waals surface area contributed by atoms with Crippen LogP contribution in [0.2, 0.25) is 0 Å². The van der Waals surface area contributed by atoms with Crippen molar-refractivity contribution in [2.75, 3.05) is 12.4 Å². The Bertz CT molecular complexity index is 496. The molecule has 0 atom stereocenters. The Morgan fingerprint density at radius 2 is 1.56 bits per heavy atom. The van der Waals surface area contributed by atoms with Crippen LogP contribution in [0.15, 0.2) is 60.7 Å². The molecule has 0 saturated heterocycles. The molecule has 0 bridgehead atoms. The largest absolute Gasteiger partial charge is 0.323 e. The average molecular weight is 240 g/mol. The van der Waals surface area contributed by atoms with Crippen molar-refractivity contribution in [1.82, 2.24) is 4.90 Å². The molecule has 2 rings (SSSR count). The molecule has 0 unspecified atom stereocenters. The zero-order valence-electron chi connectivity index (χ0n) is 10.3. The summed E-state index contributed by atoms with van der Waals surface area (Å²) in [5.74, 6) is 0. The molecule has 0 radical (unpaired) electrons. The molecule has 92 valence electrons. The van der Waals surface area contributed by atoms with E-state index >= 15 is 0 Å². The van der Waals surface area contributed by atoms with Crippen LogP contribution in [0, 0.1) is 0 Å². The van der Waals surface area contributed by atoms with Gasteiger partial charge in [0.2, 0.25) is 0 Å². The molecule has 2 amide bonds. The van der Waals surface area contributed by atoms with E-state index < -0.39 is 0 Å². The SMILES string of the molecule is CN(Cc1ccccc1)C(=O)Nc1ccccc1. The molecule has 2 aromatic carbocycles. The van der Waals surface area contributed by atoms with Gasteiger partial charge in [-0.3, -0.25) is 0 Å². The third-order valence-electron chi connectivity index (χ3n) is 2.63. The molecule has 3 nitrogen and oxygen atoms in total. The van der Waals surface area contributed by atoms with Gasteiger partial charge in [-0.2, -0.15) is 0 Å². The minimum atomic E-state index is -0.106. The fourth-order valence-electron chi connectivity index (χ4n) is 1.67. The highest BCUT2D eigenvalue weighted by atomic mass is 16.2. The minimum absolute atomic E-state index is 0.106. The van der Waals surface area contributed by atoms with Crippen molar-refractivity contribution in [3.8, 4) is 0 Å². The maximum Gasteiger partial charge on any atom is 0.321 e. The number of carbonyl (C=O) groups is 1. The summed E-state index contributed by atoms with van der Waals surface area (Å²) < 4.78 is 0. The molecule has 0 aliphatic heterocycles. The van der Waals surface area contributed by atoms with Crippen LogP contribution in [-0.2, 0) is 6.54 Å². The van der Waals surface area contributed by atoms with Gasteiger partial charge < -0.3 is 10.2 Å². The van der Waals surface area contributed by atoms with Crippen LogP contribution in [0.25, 0.3) is 0 Å². The Balaban J connectivity index is 1.93. The average Bonchev–Trinajstić information content (AvgIpc) is 2.41. The summed E-state index contributed by atoms with van der Waals surface area (Å²) in [5.41, 5.74) is 1.92. The second-order valence-corrected chi connectivity index (χ2v) is 4.14. The van der Waals surface area contributed by atoms with Gasteiger partial charge in [0.1, 0.15) is 0 Å². The molecule has 3 heteroatoms. The van der Waals surface area contributed by atoms with E-state index in [0.717, 1.165) is 11.3 Å². The van der Waals surface area contributed by atoms with Gasteiger partial charge in [0.05, 0.1) is 0 Å². The first-order valence-corrected chi connectivity index (χ1v) is 5.87. The lowest BCUT2D eigenvalue weighted by Crippen LogP contribution is -2.30. The van der Waals surface area contributed by atoms with Gasteiger partial charge >= 0.3 is 6.03 Å². The smallest absolute Gasteiger partial charge is 0.321 e. The van der Waals surface area contributed by atoms with Gasteiger partial charge in [-0.15, -0.1) is 0 Å². The highest BCUT2D eigenvalue weighted by molar-refractivity contribution is 5.89. The van der Waals surface area contributed by atoms with E-state index in [2.05, 4.69) is 5.32 Å². The summed E-state index contributed by atoms with van der Waals surface area (Å²) in [7, 11) is 1.78. The molecular weight excluding hydrogens is 224 g/mol. The van der Waals surface area contributed by atoms with Crippen molar-refractivity contribution in [1.29, 1.82) is 0 Å². The van der Waals surface area contributed by atoms with Gasteiger partial charge in [0.25, 0.3) is 0 Å². The second-order valence-electron chi connectivity index (χ2n) is 4.14. The van der Waals surface area contributed by atoms with Gasteiger partial charge in [-0.05, 0) is 17.7 Å². The molecule has 1 N–H and O–H groups in total. The molecule has 0 spiro atoms. The number of benzene rings is 2. The van der Waals surface area contributed by atoms with Crippen LogP contribution in [0.1, 0.15) is 5.56 Å². The summed E-state index contributed by atoms with van der Waals surface area (Å²) >= 11 is 0. The lowest BCUT2D eigenvalue weighted by Gasteiger charge is -2.18. The fraction of sp³-hybridized carbons (Fsp3) is 0.133. The van der Waals surface area contributed by atoms with E-state index in [1.165, 1.54) is 0 Å². The summed E-state index contributed by atoms with van der Waals surface area (Å²) in [4.78, 5) is 13.6. The number of para-hydroxylation sites is 1. The van der Waals surface area contributed by atoms with Crippen LogP contribution < -0.4 is 5.32 Å². The summed E-state index contributed by atoms with van der Waals surface area (Å²) in [6, 6.07) is 19.3. The molecule has 18 heavy (non-hydrogen) atoms. The predicted molar refractivity (Wildman–Crippen MR) is 73.4 cm³/mol. The Hall–Kier alpha value is -2.29. The summed E-state index contributed by atoms with van der Waals surface area (Å²) in [5, 5.41) is 2.85. The van der Waals surface area contributed by atoms with Crippen LogP contribution in [0.3, 0.4) is 0 Å². The number of carbonyl (C=O) groups excluding carboxylic acids is 1. The lowest BCUT2D eigenvalue weighted by molar-refractivity contribution is 0.220. The van der Waals surface area contributed by atoms with Crippen molar-refractivity contribution in [2.24, 2.45) is 0 Å². The lowest BCUT2D eigenvalue weighted by atomic mass is 10.2. The van der Waals surface area contributed by atoms with Crippen molar-refractivity contribution >= 4 is 11.7 Å². The maximum absolute atomic E-state index is 11.9. The summed E-state index contributed by atoms with van der Waals surface area (Å²) in [6.07, 6.45) is 0. The number of anilines is 1. The molecule has 0 fully saturated rings.